The van der Waals surface area contributed by atoms with Crippen molar-refractivity contribution >= 4 is 0 Å². The fraction of sp³-hybridized carbons (Fsp3) is 0.625. The molecule has 20 heavy (non-hydrogen) atoms. The molecule has 0 bridgehead atoms. The number of ether oxygens (including phenoxy) is 1. The van der Waals surface area contributed by atoms with E-state index in [9.17, 15) is 8.78 Å². The normalized spacial score (nSPS) is 26.2. The molecule has 1 saturated carbocycles. The van der Waals surface area contributed by atoms with Crippen LogP contribution in [0.15, 0.2) is 18.2 Å². The molecular weight excluding hydrogens is 260 g/mol. The Kier molecular flexibility index (Phi) is 3.78. The van der Waals surface area contributed by atoms with E-state index in [1.807, 2.05) is 0 Å². The predicted molar refractivity (Wildman–Crippen MR) is 73.3 cm³/mol. The summed E-state index contributed by atoms with van der Waals surface area (Å²) in [5, 5.41) is 0. The van der Waals surface area contributed by atoms with Crippen LogP contribution in [0.3, 0.4) is 0 Å². The fourth-order valence-corrected chi connectivity index (χ4v) is 3.48. The number of hydrogen-bond donors (Lipinski definition) is 1. The third-order valence-corrected chi connectivity index (χ3v) is 4.89. The average Bonchev–Trinajstić information content (AvgIpc) is 2.42. The molecule has 4 heteroatoms. The zero-order valence-corrected chi connectivity index (χ0v) is 11.6. The van der Waals surface area contributed by atoms with E-state index < -0.39 is 11.6 Å². The van der Waals surface area contributed by atoms with Gasteiger partial charge in [0, 0.05) is 12.6 Å². The van der Waals surface area contributed by atoms with Crippen molar-refractivity contribution in [3.05, 3.63) is 35.4 Å². The quantitative estimate of drug-likeness (QED) is 0.923. The zero-order valence-electron chi connectivity index (χ0n) is 11.6. The van der Waals surface area contributed by atoms with E-state index in [2.05, 4.69) is 0 Å². The Morgan fingerprint density at radius 3 is 2.85 bits per heavy atom. The van der Waals surface area contributed by atoms with Crippen molar-refractivity contribution in [3.63, 3.8) is 0 Å². The molecule has 1 aromatic rings. The number of benzene rings is 1. The van der Waals surface area contributed by atoms with Crippen LogP contribution in [-0.4, -0.2) is 18.2 Å². The molecular formula is C16H21F2NO. The van der Waals surface area contributed by atoms with Gasteiger partial charge in [0.2, 0.25) is 0 Å². The first-order chi connectivity index (χ1) is 9.60. The van der Waals surface area contributed by atoms with Gasteiger partial charge in [0.25, 0.3) is 0 Å². The minimum absolute atomic E-state index is 0.0427. The smallest absolute Gasteiger partial charge is 0.162 e. The molecule has 1 spiro atoms. The molecule has 2 N–H and O–H groups in total. The minimum atomic E-state index is -0.794. The first-order valence-corrected chi connectivity index (χ1v) is 7.42. The Bertz CT molecular complexity index is 487. The molecule has 1 saturated heterocycles. The van der Waals surface area contributed by atoms with Crippen LogP contribution in [0.25, 0.3) is 0 Å². The van der Waals surface area contributed by atoms with Gasteiger partial charge in [-0.1, -0.05) is 12.1 Å². The van der Waals surface area contributed by atoms with Crippen molar-refractivity contribution in [1.82, 2.24) is 0 Å². The molecule has 3 rings (SSSR count). The van der Waals surface area contributed by atoms with Crippen molar-refractivity contribution in [2.45, 2.75) is 50.2 Å². The molecule has 2 nitrogen and oxygen atoms in total. The van der Waals surface area contributed by atoms with Gasteiger partial charge < -0.3 is 10.5 Å². The summed E-state index contributed by atoms with van der Waals surface area (Å²) in [7, 11) is 0. The van der Waals surface area contributed by atoms with E-state index in [4.69, 9.17) is 10.5 Å². The molecule has 1 aromatic carbocycles. The Labute approximate surface area is 118 Å². The number of hydrogen-bond acceptors (Lipinski definition) is 2. The fourth-order valence-electron chi connectivity index (χ4n) is 3.48. The van der Waals surface area contributed by atoms with E-state index in [1.54, 1.807) is 6.07 Å². The van der Waals surface area contributed by atoms with E-state index in [1.165, 1.54) is 12.5 Å². The Hall–Kier alpha value is -1.00. The monoisotopic (exact) mass is 281 g/mol. The van der Waals surface area contributed by atoms with Crippen molar-refractivity contribution < 1.29 is 13.5 Å². The summed E-state index contributed by atoms with van der Waals surface area (Å²) in [4.78, 5) is 0. The Morgan fingerprint density at radius 1 is 1.35 bits per heavy atom. The molecule has 2 fully saturated rings. The second-order valence-electron chi connectivity index (χ2n) is 6.22. The second-order valence-corrected chi connectivity index (χ2v) is 6.22. The van der Waals surface area contributed by atoms with Gasteiger partial charge in [-0.3, -0.25) is 0 Å². The maximum absolute atomic E-state index is 13.7. The van der Waals surface area contributed by atoms with Gasteiger partial charge in [0.15, 0.2) is 11.6 Å². The molecule has 110 valence electrons. The molecule has 1 aliphatic carbocycles. The van der Waals surface area contributed by atoms with Gasteiger partial charge >= 0.3 is 0 Å². The summed E-state index contributed by atoms with van der Waals surface area (Å²) in [6, 6.07) is 4.17. The molecule has 0 amide bonds. The van der Waals surface area contributed by atoms with Gasteiger partial charge in [0.1, 0.15) is 0 Å². The molecule has 0 aromatic heterocycles. The molecule has 2 unspecified atom stereocenters. The van der Waals surface area contributed by atoms with Crippen molar-refractivity contribution in [1.29, 1.82) is 0 Å². The lowest BCUT2D eigenvalue weighted by Crippen LogP contribution is -2.49. The van der Waals surface area contributed by atoms with Crippen LogP contribution in [0.1, 0.15) is 37.7 Å². The zero-order chi connectivity index (χ0) is 14.2. The lowest BCUT2D eigenvalue weighted by molar-refractivity contribution is -0.145. The minimum Gasteiger partial charge on any atom is -0.375 e. The standard InChI is InChI=1S/C16H21F2NO/c17-13-4-1-3-11(15(13)18)9-14(19)12-5-8-20-16(10-12)6-2-7-16/h1,3-4,12,14H,2,5-10,19H2. The average molecular weight is 281 g/mol. The summed E-state index contributed by atoms with van der Waals surface area (Å²) in [6.45, 7) is 0.740. The number of rotatable bonds is 3. The summed E-state index contributed by atoms with van der Waals surface area (Å²) in [5.74, 6) is -1.21. The topological polar surface area (TPSA) is 35.2 Å². The van der Waals surface area contributed by atoms with Crippen LogP contribution in [0.5, 0.6) is 0 Å². The Balaban J connectivity index is 1.66. The van der Waals surface area contributed by atoms with Gasteiger partial charge in [-0.2, -0.15) is 0 Å². The van der Waals surface area contributed by atoms with Gasteiger partial charge in [-0.05, 0) is 56.1 Å². The second kappa shape index (κ2) is 5.41. The molecule has 2 aliphatic rings. The van der Waals surface area contributed by atoms with Gasteiger partial charge in [-0.25, -0.2) is 8.78 Å². The number of halogens is 2. The van der Waals surface area contributed by atoms with Crippen LogP contribution >= 0.6 is 0 Å². The summed E-state index contributed by atoms with van der Waals surface area (Å²) >= 11 is 0. The van der Waals surface area contributed by atoms with Crippen molar-refractivity contribution in [3.8, 4) is 0 Å². The third-order valence-electron chi connectivity index (χ3n) is 4.89. The van der Waals surface area contributed by atoms with Crippen LogP contribution in [0.4, 0.5) is 8.78 Å². The SMILES string of the molecule is NC(Cc1cccc(F)c1F)C1CCOC2(CCC2)C1. The lowest BCUT2D eigenvalue weighted by Gasteiger charge is -2.48. The highest BCUT2D eigenvalue weighted by Gasteiger charge is 2.43. The molecule has 1 aliphatic heterocycles. The predicted octanol–water partition coefficient (Wildman–Crippen LogP) is 3.18. The van der Waals surface area contributed by atoms with E-state index in [0.29, 0.717) is 17.9 Å². The van der Waals surface area contributed by atoms with E-state index >= 15 is 0 Å². The van der Waals surface area contributed by atoms with Crippen molar-refractivity contribution in [2.75, 3.05) is 6.61 Å². The maximum Gasteiger partial charge on any atom is 0.162 e. The summed E-state index contributed by atoms with van der Waals surface area (Å²) in [5.41, 5.74) is 6.68. The van der Waals surface area contributed by atoms with Crippen LogP contribution in [0, 0.1) is 17.6 Å². The molecule has 1 heterocycles. The maximum atomic E-state index is 13.7. The van der Waals surface area contributed by atoms with Crippen LogP contribution < -0.4 is 5.73 Å². The number of nitrogens with two attached hydrogens (primary N) is 1. The summed E-state index contributed by atoms with van der Waals surface area (Å²) in [6.07, 6.45) is 5.73. The highest BCUT2D eigenvalue weighted by atomic mass is 19.2. The molecule has 0 radical (unpaired) electrons. The third kappa shape index (κ3) is 2.59. The van der Waals surface area contributed by atoms with Gasteiger partial charge in [-0.15, -0.1) is 0 Å². The Morgan fingerprint density at radius 2 is 2.15 bits per heavy atom. The molecule has 2 atom stereocenters. The van der Waals surface area contributed by atoms with Gasteiger partial charge in [0.05, 0.1) is 5.60 Å². The highest BCUT2D eigenvalue weighted by Crippen LogP contribution is 2.45. The first-order valence-electron chi connectivity index (χ1n) is 7.42. The van der Waals surface area contributed by atoms with Crippen LogP contribution in [0.2, 0.25) is 0 Å². The first kappa shape index (κ1) is 14.0. The highest BCUT2D eigenvalue weighted by molar-refractivity contribution is 5.20. The van der Waals surface area contributed by atoms with E-state index in [0.717, 1.165) is 38.4 Å². The van der Waals surface area contributed by atoms with Crippen molar-refractivity contribution in [2.24, 2.45) is 11.7 Å². The van der Waals surface area contributed by atoms with E-state index in [-0.39, 0.29) is 11.6 Å². The largest absolute Gasteiger partial charge is 0.375 e. The summed E-state index contributed by atoms with van der Waals surface area (Å²) < 4.78 is 32.8. The van der Waals surface area contributed by atoms with Crippen LogP contribution in [-0.2, 0) is 11.2 Å². The lowest BCUT2D eigenvalue weighted by atomic mass is 9.70.